The molecule has 0 aliphatic heterocycles. The number of rotatable bonds is 3. The third-order valence-electron chi connectivity index (χ3n) is 1.38. The first-order valence-electron chi connectivity index (χ1n) is 3.36. The summed E-state index contributed by atoms with van der Waals surface area (Å²) in [5, 5.41) is -0.0122. The van der Waals surface area contributed by atoms with Crippen molar-refractivity contribution in [1.29, 1.82) is 0 Å². The fourth-order valence-electron chi connectivity index (χ4n) is 0.723. The maximum atomic E-state index is 11.0. The summed E-state index contributed by atoms with van der Waals surface area (Å²) in [4.78, 5) is 8.13. The molecule has 0 aliphatic carbocycles. The van der Waals surface area contributed by atoms with Crippen molar-refractivity contribution >= 4 is 10.0 Å². The first kappa shape index (κ1) is 9.17. The monoisotopic (exact) mass is 190 g/mol. The maximum Gasteiger partial charge on any atom is 0.270 e. The number of aryl methyl sites for hydroxylation is 1. The lowest BCUT2D eigenvalue weighted by Gasteiger charge is -1.95. The number of hydrazine groups is 1. The number of aromatic nitrogens is 2. The summed E-state index contributed by atoms with van der Waals surface area (Å²) < 4.78 is 22.0. The van der Waals surface area contributed by atoms with Gasteiger partial charge in [-0.2, -0.15) is 0 Å². The molecule has 0 atom stereocenters. The highest BCUT2D eigenvalue weighted by atomic mass is 32.2. The van der Waals surface area contributed by atoms with Gasteiger partial charge in [0.25, 0.3) is 10.0 Å². The lowest BCUT2D eigenvalue weighted by Crippen LogP contribution is -2.30. The van der Waals surface area contributed by atoms with Gasteiger partial charge in [0.05, 0.1) is 6.20 Å². The van der Waals surface area contributed by atoms with Gasteiger partial charge in [0.2, 0.25) is 0 Å². The Kier molecular flexibility index (Phi) is 2.46. The number of hydrogen-bond donors (Lipinski definition) is 3. The van der Waals surface area contributed by atoms with Gasteiger partial charge < -0.3 is 4.98 Å². The second-order valence-electron chi connectivity index (χ2n) is 2.17. The van der Waals surface area contributed by atoms with Crippen molar-refractivity contribution in [2.75, 3.05) is 0 Å². The normalized spacial score (nSPS) is 11.8. The standard InChI is InChI=1S/C5H10N4O2S/c1-2-4-7-3-5(8-4)12(10,11)9-6/h3,9H,2,6H2,1H3,(H,7,8). The molecule has 0 amide bonds. The molecule has 4 N–H and O–H groups in total. The minimum atomic E-state index is -3.58. The van der Waals surface area contributed by atoms with Gasteiger partial charge in [0, 0.05) is 6.42 Å². The lowest BCUT2D eigenvalue weighted by molar-refractivity contribution is 0.580. The Balaban J connectivity index is 3.05. The van der Waals surface area contributed by atoms with Crippen LogP contribution in [0.4, 0.5) is 0 Å². The van der Waals surface area contributed by atoms with Crippen molar-refractivity contribution in [3.8, 4) is 0 Å². The van der Waals surface area contributed by atoms with E-state index in [0.29, 0.717) is 12.2 Å². The van der Waals surface area contributed by atoms with Crippen LogP contribution in [-0.4, -0.2) is 18.4 Å². The number of nitrogens with zero attached hydrogens (tertiary/aromatic N) is 1. The van der Waals surface area contributed by atoms with E-state index in [4.69, 9.17) is 5.84 Å². The molecule has 0 spiro atoms. The zero-order valence-corrected chi connectivity index (χ0v) is 7.35. The highest BCUT2D eigenvalue weighted by Gasteiger charge is 2.13. The molecule has 0 aromatic carbocycles. The van der Waals surface area contributed by atoms with Crippen LogP contribution in [0, 0.1) is 0 Å². The van der Waals surface area contributed by atoms with Gasteiger partial charge in [-0.05, 0) is 0 Å². The molecule has 0 bridgehead atoms. The van der Waals surface area contributed by atoms with Crippen molar-refractivity contribution in [1.82, 2.24) is 14.8 Å². The maximum absolute atomic E-state index is 11.0. The Hall–Kier alpha value is -0.920. The van der Waals surface area contributed by atoms with Crippen molar-refractivity contribution < 1.29 is 8.42 Å². The number of nitrogens with two attached hydrogens (primary N) is 1. The van der Waals surface area contributed by atoms with Gasteiger partial charge in [-0.1, -0.05) is 6.92 Å². The van der Waals surface area contributed by atoms with Gasteiger partial charge in [-0.15, -0.1) is 4.83 Å². The third kappa shape index (κ3) is 1.63. The van der Waals surface area contributed by atoms with Crippen LogP contribution in [0.15, 0.2) is 11.2 Å². The number of aromatic amines is 1. The largest absolute Gasteiger partial charge is 0.332 e. The van der Waals surface area contributed by atoms with Crippen LogP contribution in [-0.2, 0) is 16.4 Å². The minimum absolute atomic E-state index is 0.0122. The molecule has 1 rings (SSSR count). The fourth-order valence-corrected chi connectivity index (χ4v) is 1.29. The fraction of sp³-hybridized carbons (Fsp3) is 0.400. The van der Waals surface area contributed by atoms with Crippen LogP contribution in [0.2, 0.25) is 0 Å². The Morgan fingerprint density at radius 2 is 2.42 bits per heavy atom. The molecule has 1 aromatic heterocycles. The molecule has 0 fully saturated rings. The molecule has 0 unspecified atom stereocenters. The van der Waals surface area contributed by atoms with Crippen LogP contribution in [0.3, 0.4) is 0 Å². The highest BCUT2D eigenvalue weighted by molar-refractivity contribution is 7.89. The van der Waals surface area contributed by atoms with E-state index in [1.165, 1.54) is 6.20 Å². The van der Waals surface area contributed by atoms with E-state index in [0.717, 1.165) is 0 Å². The Morgan fingerprint density at radius 3 is 2.83 bits per heavy atom. The topological polar surface area (TPSA) is 101 Å². The quantitative estimate of drug-likeness (QED) is 0.425. The molecule has 0 saturated carbocycles. The first-order valence-corrected chi connectivity index (χ1v) is 4.84. The van der Waals surface area contributed by atoms with Crippen LogP contribution < -0.4 is 10.7 Å². The van der Waals surface area contributed by atoms with Gasteiger partial charge in [0.1, 0.15) is 5.82 Å². The van der Waals surface area contributed by atoms with Crippen LogP contribution >= 0.6 is 0 Å². The van der Waals surface area contributed by atoms with Crippen LogP contribution in [0.5, 0.6) is 0 Å². The summed E-state index contributed by atoms with van der Waals surface area (Å²) >= 11 is 0. The summed E-state index contributed by atoms with van der Waals surface area (Å²) in [6.07, 6.45) is 1.88. The van der Waals surface area contributed by atoms with Crippen LogP contribution in [0.25, 0.3) is 0 Å². The van der Waals surface area contributed by atoms with Gasteiger partial charge in [-0.3, -0.25) is 5.84 Å². The van der Waals surface area contributed by atoms with E-state index in [2.05, 4.69) is 9.97 Å². The highest BCUT2D eigenvalue weighted by Crippen LogP contribution is 2.03. The van der Waals surface area contributed by atoms with E-state index >= 15 is 0 Å². The van der Waals surface area contributed by atoms with E-state index in [1.54, 1.807) is 4.83 Å². The van der Waals surface area contributed by atoms with Crippen molar-refractivity contribution in [2.45, 2.75) is 18.4 Å². The Bertz CT molecular complexity index is 355. The molecular weight excluding hydrogens is 180 g/mol. The summed E-state index contributed by atoms with van der Waals surface area (Å²) in [6.45, 7) is 1.87. The third-order valence-corrected chi connectivity index (χ3v) is 2.48. The first-order chi connectivity index (χ1) is 5.60. The number of H-pyrrole nitrogens is 1. The molecule has 0 aliphatic rings. The summed E-state index contributed by atoms with van der Waals surface area (Å²) in [6, 6.07) is 0. The molecular formula is C5H10N4O2S. The number of sulfonamides is 1. The summed E-state index contributed by atoms with van der Waals surface area (Å²) in [5.74, 6) is 5.42. The lowest BCUT2D eigenvalue weighted by atomic mass is 10.5. The average molecular weight is 190 g/mol. The zero-order valence-electron chi connectivity index (χ0n) is 6.53. The molecule has 68 valence electrons. The number of nitrogens with one attached hydrogen (secondary N) is 2. The van der Waals surface area contributed by atoms with E-state index in [9.17, 15) is 8.42 Å². The Morgan fingerprint density at radius 1 is 1.75 bits per heavy atom. The van der Waals surface area contributed by atoms with E-state index < -0.39 is 10.0 Å². The van der Waals surface area contributed by atoms with Gasteiger partial charge in [0.15, 0.2) is 5.03 Å². The number of imidazole rings is 1. The molecule has 0 saturated heterocycles. The SMILES string of the molecule is CCc1ncc(S(=O)(=O)NN)[nH]1. The summed E-state index contributed by atoms with van der Waals surface area (Å²) in [7, 11) is -3.58. The second kappa shape index (κ2) is 3.21. The predicted molar refractivity (Wildman–Crippen MR) is 42.5 cm³/mol. The Labute approximate surface area is 70.2 Å². The number of hydrogen-bond acceptors (Lipinski definition) is 4. The zero-order chi connectivity index (χ0) is 9.19. The summed E-state index contributed by atoms with van der Waals surface area (Å²) in [5.41, 5.74) is 0. The molecule has 1 aromatic rings. The van der Waals surface area contributed by atoms with Crippen LogP contribution in [0.1, 0.15) is 12.7 Å². The van der Waals surface area contributed by atoms with Crippen molar-refractivity contribution in [2.24, 2.45) is 5.84 Å². The molecule has 7 heteroatoms. The van der Waals surface area contributed by atoms with Crippen molar-refractivity contribution in [3.63, 3.8) is 0 Å². The smallest absolute Gasteiger partial charge is 0.270 e. The van der Waals surface area contributed by atoms with Gasteiger partial charge in [-0.25, -0.2) is 13.4 Å². The van der Waals surface area contributed by atoms with E-state index in [1.807, 2.05) is 6.92 Å². The second-order valence-corrected chi connectivity index (χ2v) is 3.85. The minimum Gasteiger partial charge on any atom is -0.332 e. The molecule has 6 nitrogen and oxygen atoms in total. The molecule has 12 heavy (non-hydrogen) atoms. The predicted octanol–water partition coefficient (Wildman–Crippen LogP) is -0.876. The average Bonchev–Trinajstić information content (AvgIpc) is 2.52. The van der Waals surface area contributed by atoms with Gasteiger partial charge >= 0.3 is 0 Å². The van der Waals surface area contributed by atoms with Crippen molar-refractivity contribution in [3.05, 3.63) is 12.0 Å². The molecule has 0 radical (unpaired) electrons. The molecule has 1 heterocycles. The van der Waals surface area contributed by atoms with E-state index in [-0.39, 0.29) is 5.03 Å².